The molecule has 3 amide bonds. The summed E-state index contributed by atoms with van der Waals surface area (Å²) in [5, 5.41) is 5.70. The third kappa shape index (κ3) is 5.39. The van der Waals surface area contributed by atoms with E-state index in [2.05, 4.69) is 15.6 Å². The van der Waals surface area contributed by atoms with Crippen LogP contribution in [0.1, 0.15) is 59.3 Å². The molecular weight excluding hydrogens is 489 g/mol. The van der Waals surface area contributed by atoms with Crippen LogP contribution in [-0.2, 0) is 24.4 Å². The first-order valence-electron chi connectivity index (χ1n) is 12.7. The highest BCUT2D eigenvalue weighted by molar-refractivity contribution is 6.07. The van der Waals surface area contributed by atoms with E-state index >= 15 is 0 Å². The van der Waals surface area contributed by atoms with E-state index in [1.54, 1.807) is 23.6 Å². The van der Waals surface area contributed by atoms with Crippen molar-refractivity contribution in [2.75, 3.05) is 13.2 Å². The van der Waals surface area contributed by atoms with E-state index in [9.17, 15) is 18.8 Å². The predicted molar refractivity (Wildman–Crippen MR) is 139 cm³/mol. The lowest BCUT2D eigenvalue weighted by atomic mass is 9.94. The van der Waals surface area contributed by atoms with Gasteiger partial charge in [0.2, 0.25) is 5.91 Å². The maximum Gasteiger partial charge on any atom is 0.273 e. The Kier molecular flexibility index (Phi) is 8.09. The van der Waals surface area contributed by atoms with Gasteiger partial charge in [-0.3, -0.25) is 14.4 Å². The number of carbonyl (C=O) groups excluding carboxylic acids is 3. The number of nitrogens with zero attached hydrogens (tertiary/aromatic N) is 3. The molecule has 1 atom stereocenters. The zero-order chi connectivity index (χ0) is 27.3. The summed E-state index contributed by atoms with van der Waals surface area (Å²) in [6.07, 6.45) is 2.04. The van der Waals surface area contributed by atoms with Gasteiger partial charge in [-0.05, 0) is 44.0 Å². The van der Waals surface area contributed by atoms with Gasteiger partial charge in [0.25, 0.3) is 11.8 Å². The number of para-hydroxylation sites is 1. The van der Waals surface area contributed by atoms with Gasteiger partial charge in [0.1, 0.15) is 22.8 Å². The lowest BCUT2D eigenvalue weighted by Crippen LogP contribution is -2.64. The second-order valence-electron chi connectivity index (χ2n) is 9.33. The zero-order valence-electron chi connectivity index (χ0n) is 21.8. The van der Waals surface area contributed by atoms with Gasteiger partial charge < -0.3 is 24.8 Å². The number of amides is 3. The van der Waals surface area contributed by atoms with E-state index in [1.165, 1.54) is 23.4 Å². The molecule has 0 saturated carbocycles. The normalized spacial score (nSPS) is 16.6. The van der Waals surface area contributed by atoms with Crippen molar-refractivity contribution in [1.29, 1.82) is 0 Å². The summed E-state index contributed by atoms with van der Waals surface area (Å²) in [5.41, 5.74) is 0.503. The minimum Gasteiger partial charge on any atom is -0.494 e. The molecule has 2 aromatic carbocycles. The molecule has 0 unspecified atom stereocenters. The van der Waals surface area contributed by atoms with Crippen LogP contribution in [0.5, 0.6) is 5.75 Å². The van der Waals surface area contributed by atoms with Crippen molar-refractivity contribution in [2.24, 2.45) is 0 Å². The van der Waals surface area contributed by atoms with E-state index in [4.69, 9.17) is 4.74 Å². The molecule has 0 spiro atoms. The Labute approximate surface area is 221 Å². The zero-order valence-corrected chi connectivity index (χ0v) is 21.8. The highest BCUT2D eigenvalue weighted by atomic mass is 19.1. The maximum atomic E-state index is 13.7. The summed E-state index contributed by atoms with van der Waals surface area (Å²) < 4.78 is 20.4. The van der Waals surface area contributed by atoms with Crippen molar-refractivity contribution in [3.8, 4) is 5.75 Å². The molecule has 10 heteroatoms. The number of carbonyl (C=O) groups is 3. The number of nitrogens with one attached hydrogen (secondary N) is 2. The topological polar surface area (TPSA) is 106 Å². The van der Waals surface area contributed by atoms with Gasteiger partial charge in [0.05, 0.1) is 19.5 Å². The summed E-state index contributed by atoms with van der Waals surface area (Å²) >= 11 is 0. The van der Waals surface area contributed by atoms with Crippen LogP contribution in [0.15, 0.2) is 54.9 Å². The molecule has 200 valence electrons. The van der Waals surface area contributed by atoms with Crippen molar-refractivity contribution in [3.63, 3.8) is 0 Å². The van der Waals surface area contributed by atoms with Crippen LogP contribution in [0.3, 0.4) is 0 Å². The van der Waals surface area contributed by atoms with E-state index in [1.807, 2.05) is 38.1 Å². The Hall–Kier alpha value is -4.21. The first kappa shape index (κ1) is 26.8. The Bertz CT molecular complexity index is 1320. The second-order valence-corrected chi connectivity index (χ2v) is 9.33. The van der Waals surface area contributed by atoms with Crippen LogP contribution in [0.4, 0.5) is 4.39 Å². The lowest BCUT2D eigenvalue weighted by Gasteiger charge is -2.43. The fourth-order valence-corrected chi connectivity index (χ4v) is 4.61. The van der Waals surface area contributed by atoms with Crippen LogP contribution in [-0.4, -0.2) is 50.9 Å². The predicted octanol–water partition coefficient (Wildman–Crippen LogP) is 3.29. The van der Waals surface area contributed by atoms with Gasteiger partial charge in [-0.1, -0.05) is 37.3 Å². The Morgan fingerprint density at radius 1 is 1.08 bits per heavy atom. The van der Waals surface area contributed by atoms with Gasteiger partial charge in [0, 0.05) is 25.2 Å². The van der Waals surface area contributed by atoms with Crippen molar-refractivity contribution < 1.29 is 23.5 Å². The van der Waals surface area contributed by atoms with E-state index in [-0.39, 0.29) is 42.7 Å². The van der Waals surface area contributed by atoms with Crippen LogP contribution in [0.2, 0.25) is 0 Å². The molecule has 1 aromatic heterocycles. The van der Waals surface area contributed by atoms with Crippen molar-refractivity contribution in [2.45, 2.75) is 52.4 Å². The highest BCUT2D eigenvalue weighted by Gasteiger charge is 2.48. The first-order valence-corrected chi connectivity index (χ1v) is 12.7. The fraction of sp³-hybridized carbons (Fsp3) is 0.357. The Morgan fingerprint density at radius 2 is 1.82 bits per heavy atom. The molecule has 0 saturated heterocycles. The quantitative estimate of drug-likeness (QED) is 0.426. The van der Waals surface area contributed by atoms with Crippen LogP contribution < -0.4 is 15.4 Å². The average Bonchev–Trinajstić information content (AvgIpc) is 3.33. The van der Waals surface area contributed by atoms with Gasteiger partial charge >= 0.3 is 0 Å². The van der Waals surface area contributed by atoms with Gasteiger partial charge in [-0.25, -0.2) is 9.37 Å². The molecule has 0 aliphatic carbocycles. The third-order valence-electron chi connectivity index (χ3n) is 6.59. The van der Waals surface area contributed by atoms with Gasteiger partial charge in [0.15, 0.2) is 5.69 Å². The average molecular weight is 522 g/mol. The molecule has 2 N–H and O–H groups in total. The monoisotopic (exact) mass is 521 g/mol. The minimum atomic E-state index is -1.20. The molecule has 0 radical (unpaired) electrons. The van der Waals surface area contributed by atoms with Crippen molar-refractivity contribution >= 4 is 17.7 Å². The summed E-state index contributed by atoms with van der Waals surface area (Å²) in [6.45, 7) is 6.86. The first-order chi connectivity index (χ1) is 18.3. The van der Waals surface area contributed by atoms with Gasteiger partial charge in [-0.15, -0.1) is 0 Å². The van der Waals surface area contributed by atoms with Crippen LogP contribution >= 0.6 is 0 Å². The van der Waals surface area contributed by atoms with Crippen LogP contribution in [0.25, 0.3) is 0 Å². The molecule has 0 fully saturated rings. The number of ether oxygens (including phenoxy) is 1. The molecule has 0 bridgehead atoms. The number of halogens is 1. The standard InChI is InChI=1S/C28H32FN5O4/c1-4-14-34-26(36)24-23(25(35)30-16-20-8-6-7-9-22(20)38-5-2)32-18-33(24)17-28(34,3)27(37)31-15-19-10-12-21(29)13-11-19/h6-13,18H,4-5,14-17H2,1-3H3,(H,30,35)(H,31,37)/t28-/m0/s1. The largest absolute Gasteiger partial charge is 0.494 e. The molecule has 1 aliphatic rings. The summed E-state index contributed by atoms with van der Waals surface area (Å²) in [6, 6.07) is 13.3. The fourth-order valence-electron chi connectivity index (χ4n) is 4.61. The molecule has 2 heterocycles. The Morgan fingerprint density at radius 3 is 2.53 bits per heavy atom. The number of hydrogen-bond acceptors (Lipinski definition) is 5. The molecular formula is C28H32FN5O4. The van der Waals surface area contributed by atoms with Gasteiger partial charge in [-0.2, -0.15) is 0 Å². The Balaban J connectivity index is 1.53. The molecule has 9 nitrogen and oxygen atoms in total. The van der Waals surface area contributed by atoms with Crippen molar-refractivity contribution in [3.05, 3.63) is 83.2 Å². The number of fused-ring (bicyclic) bond motifs is 1. The second kappa shape index (κ2) is 11.5. The summed E-state index contributed by atoms with van der Waals surface area (Å²) in [5.74, 6) is -0.949. The highest BCUT2D eigenvalue weighted by Crippen LogP contribution is 2.29. The number of hydrogen-bond donors (Lipinski definition) is 2. The molecule has 38 heavy (non-hydrogen) atoms. The number of rotatable bonds is 10. The van der Waals surface area contributed by atoms with Crippen LogP contribution in [0, 0.1) is 5.82 Å². The lowest BCUT2D eigenvalue weighted by molar-refractivity contribution is -0.133. The SMILES string of the molecule is CCCN1C(=O)c2c(C(=O)NCc3ccccc3OCC)ncn2C[C@@]1(C)C(=O)NCc1ccc(F)cc1. The van der Waals surface area contributed by atoms with E-state index in [0.717, 1.165) is 11.1 Å². The molecule has 3 aromatic rings. The maximum absolute atomic E-state index is 13.7. The minimum absolute atomic E-state index is 0.0127. The van der Waals surface area contributed by atoms with E-state index in [0.29, 0.717) is 25.3 Å². The van der Waals surface area contributed by atoms with E-state index < -0.39 is 17.4 Å². The summed E-state index contributed by atoms with van der Waals surface area (Å²) in [4.78, 5) is 45.9. The third-order valence-corrected chi connectivity index (χ3v) is 6.59. The number of aromatic nitrogens is 2. The smallest absolute Gasteiger partial charge is 0.273 e. The number of benzene rings is 2. The van der Waals surface area contributed by atoms with Crippen molar-refractivity contribution in [1.82, 2.24) is 25.1 Å². The summed E-state index contributed by atoms with van der Waals surface area (Å²) in [7, 11) is 0. The number of imidazole rings is 1. The molecule has 4 rings (SSSR count). The molecule has 1 aliphatic heterocycles.